The first-order valence-corrected chi connectivity index (χ1v) is 6.03. The first-order chi connectivity index (χ1) is 8.29. The molecule has 1 saturated carbocycles. The van der Waals surface area contributed by atoms with Gasteiger partial charge in [-0.15, -0.1) is 0 Å². The highest BCUT2D eigenvalue weighted by Gasteiger charge is 2.19. The van der Waals surface area contributed by atoms with Crippen LogP contribution in [0.15, 0.2) is 24.3 Å². The van der Waals surface area contributed by atoms with Gasteiger partial charge < -0.3 is 10.1 Å². The predicted octanol–water partition coefficient (Wildman–Crippen LogP) is 2.99. The van der Waals surface area contributed by atoms with E-state index in [9.17, 15) is 4.39 Å². The number of hydrogen-bond acceptors (Lipinski definition) is 2. The number of halogens is 1. The molecule has 0 amide bonds. The van der Waals surface area contributed by atoms with Crippen molar-refractivity contribution in [2.24, 2.45) is 0 Å². The average molecular weight is 235 g/mol. The number of hydrogen-bond donors (Lipinski definition) is 1. The summed E-state index contributed by atoms with van der Waals surface area (Å²) < 4.78 is 18.2. The summed E-state index contributed by atoms with van der Waals surface area (Å²) >= 11 is 0. The van der Waals surface area contributed by atoms with Gasteiger partial charge in [0.25, 0.3) is 0 Å². The molecule has 92 valence electrons. The van der Waals surface area contributed by atoms with Crippen LogP contribution in [0.1, 0.15) is 24.8 Å². The van der Waals surface area contributed by atoms with E-state index in [1.807, 2.05) is 12.1 Å². The van der Waals surface area contributed by atoms with Crippen LogP contribution in [0, 0.1) is 5.82 Å². The van der Waals surface area contributed by atoms with E-state index in [0.717, 1.165) is 24.6 Å². The lowest BCUT2D eigenvalue weighted by Gasteiger charge is -2.02. The lowest BCUT2D eigenvalue weighted by molar-refractivity contribution is 0.386. The van der Waals surface area contributed by atoms with Crippen LogP contribution in [-0.2, 0) is 0 Å². The maximum atomic E-state index is 13.4. The molecule has 0 saturated heterocycles. The quantitative estimate of drug-likeness (QED) is 0.765. The van der Waals surface area contributed by atoms with Crippen LogP contribution >= 0.6 is 0 Å². The Bertz CT molecular complexity index is 399. The van der Waals surface area contributed by atoms with Gasteiger partial charge in [-0.3, -0.25) is 0 Å². The minimum absolute atomic E-state index is 0.289. The second kappa shape index (κ2) is 5.82. The van der Waals surface area contributed by atoms with Crippen LogP contribution < -0.4 is 10.1 Å². The average Bonchev–Trinajstić information content (AvgIpc) is 3.13. The number of ether oxygens (including phenoxy) is 1. The first-order valence-electron chi connectivity index (χ1n) is 6.03. The maximum Gasteiger partial charge on any atom is 0.165 e. The second-order valence-corrected chi connectivity index (χ2v) is 4.31. The molecule has 1 fully saturated rings. The minimum Gasteiger partial charge on any atom is -0.494 e. The Balaban J connectivity index is 1.80. The Kier molecular flexibility index (Phi) is 4.15. The van der Waals surface area contributed by atoms with E-state index in [1.54, 1.807) is 6.07 Å². The first kappa shape index (κ1) is 12.1. The van der Waals surface area contributed by atoms with Gasteiger partial charge in [-0.25, -0.2) is 4.39 Å². The molecule has 2 rings (SSSR count). The predicted molar refractivity (Wildman–Crippen MR) is 67.6 cm³/mol. The smallest absolute Gasteiger partial charge is 0.165 e. The molecule has 0 radical (unpaired) electrons. The Morgan fingerprint density at radius 1 is 1.47 bits per heavy atom. The summed E-state index contributed by atoms with van der Waals surface area (Å²) in [6.07, 6.45) is 7.61. The van der Waals surface area contributed by atoms with Crippen molar-refractivity contribution in [1.82, 2.24) is 5.32 Å². The van der Waals surface area contributed by atoms with Crippen LogP contribution in [0.2, 0.25) is 0 Å². The van der Waals surface area contributed by atoms with Gasteiger partial charge in [-0.2, -0.15) is 0 Å². The van der Waals surface area contributed by atoms with Gasteiger partial charge >= 0.3 is 0 Å². The molecule has 1 aliphatic rings. The fourth-order valence-electron chi connectivity index (χ4n) is 1.66. The largest absolute Gasteiger partial charge is 0.494 e. The van der Waals surface area contributed by atoms with E-state index in [4.69, 9.17) is 4.74 Å². The molecule has 0 atom stereocenters. The van der Waals surface area contributed by atoms with Crippen molar-refractivity contribution in [2.45, 2.75) is 25.3 Å². The Morgan fingerprint density at radius 2 is 2.29 bits per heavy atom. The summed E-state index contributed by atoms with van der Waals surface area (Å²) in [7, 11) is 1.47. The summed E-state index contributed by atoms with van der Waals surface area (Å²) in [6.45, 7) is 1.000. The molecule has 17 heavy (non-hydrogen) atoms. The third kappa shape index (κ3) is 3.86. The van der Waals surface area contributed by atoms with Crippen molar-refractivity contribution < 1.29 is 9.13 Å². The lowest BCUT2D eigenvalue weighted by Crippen LogP contribution is -2.16. The van der Waals surface area contributed by atoms with Crippen molar-refractivity contribution in [1.29, 1.82) is 0 Å². The molecule has 0 unspecified atom stereocenters. The maximum absolute atomic E-state index is 13.4. The molecule has 1 aliphatic carbocycles. The molecule has 1 N–H and O–H groups in total. The third-order valence-corrected chi connectivity index (χ3v) is 2.81. The Labute approximate surface area is 101 Å². The van der Waals surface area contributed by atoms with Crippen LogP contribution in [0.5, 0.6) is 5.75 Å². The van der Waals surface area contributed by atoms with Crippen LogP contribution in [-0.4, -0.2) is 19.7 Å². The van der Waals surface area contributed by atoms with Crippen LogP contribution in [0.4, 0.5) is 4.39 Å². The summed E-state index contributed by atoms with van der Waals surface area (Å²) in [6, 6.07) is 5.75. The highest BCUT2D eigenvalue weighted by atomic mass is 19.1. The highest BCUT2D eigenvalue weighted by Crippen LogP contribution is 2.19. The lowest BCUT2D eigenvalue weighted by atomic mass is 10.2. The van der Waals surface area contributed by atoms with Gasteiger partial charge in [0.15, 0.2) is 11.6 Å². The van der Waals surface area contributed by atoms with Crippen molar-refractivity contribution in [3.8, 4) is 5.75 Å². The highest BCUT2D eigenvalue weighted by molar-refractivity contribution is 5.50. The number of methoxy groups -OCH3 is 1. The standard InChI is InChI=1S/C14H18FNO/c1-17-14-8-5-11(10-13(14)15)4-2-3-9-16-12-6-7-12/h2,4-5,8,10,12,16H,3,6-7,9H2,1H3. The zero-order valence-electron chi connectivity index (χ0n) is 10.1. The van der Waals surface area contributed by atoms with Crippen molar-refractivity contribution >= 4 is 6.08 Å². The molecule has 0 aromatic heterocycles. The van der Waals surface area contributed by atoms with Gasteiger partial charge in [-0.1, -0.05) is 18.2 Å². The minimum atomic E-state index is -0.314. The number of nitrogens with one attached hydrogen (secondary N) is 1. The molecule has 1 aromatic rings. The molecule has 3 heteroatoms. The Morgan fingerprint density at radius 3 is 2.94 bits per heavy atom. The van der Waals surface area contributed by atoms with Crippen LogP contribution in [0.25, 0.3) is 6.08 Å². The van der Waals surface area contributed by atoms with E-state index in [0.29, 0.717) is 0 Å². The topological polar surface area (TPSA) is 21.3 Å². The molecule has 0 aliphatic heterocycles. The Hall–Kier alpha value is -1.35. The molecule has 0 spiro atoms. The van der Waals surface area contributed by atoms with E-state index < -0.39 is 0 Å². The molecular weight excluding hydrogens is 217 g/mol. The molecule has 2 nitrogen and oxygen atoms in total. The molecule has 0 heterocycles. The SMILES string of the molecule is COc1ccc(C=CCCNC2CC2)cc1F. The molecular formula is C14H18FNO. The van der Waals surface area contributed by atoms with Gasteiger partial charge in [0.05, 0.1) is 7.11 Å². The fourth-order valence-corrected chi connectivity index (χ4v) is 1.66. The van der Waals surface area contributed by atoms with E-state index in [-0.39, 0.29) is 11.6 Å². The number of benzene rings is 1. The normalized spacial score (nSPS) is 15.4. The van der Waals surface area contributed by atoms with Gasteiger partial charge in [0.2, 0.25) is 0 Å². The summed E-state index contributed by atoms with van der Waals surface area (Å²) in [5.41, 5.74) is 0.870. The van der Waals surface area contributed by atoms with E-state index in [1.165, 1.54) is 26.0 Å². The summed E-state index contributed by atoms with van der Waals surface area (Å²) in [5, 5.41) is 3.43. The fraction of sp³-hybridized carbons (Fsp3) is 0.429. The van der Waals surface area contributed by atoms with E-state index >= 15 is 0 Å². The van der Waals surface area contributed by atoms with Gasteiger partial charge in [-0.05, 0) is 43.5 Å². The van der Waals surface area contributed by atoms with Crippen molar-refractivity contribution in [3.63, 3.8) is 0 Å². The van der Waals surface area contributed by atoms with Crippen molar-refractivity contribution in [3.05, 3.63) is 35.7 Å². The second-order valence-electron chi connectivity index (χ2n) is 4.31. The zero-order chi connectivity index (χ0) is 12.1. The zero-order valence-corrected chi connectivity index (χ0v) is 10.1. The molecule has 1 aromatic carbocycles. The summed E-state index contributed by atoms with van der Waals surface area (Å²) in [4.78, 5) is 0. The van der Waals surface area contributed by atoms with Crippen LogP contribution in [0.3, 0.4) is 0 Å². The summed E-state index contributed by atoms with van der Waals surface area (Å²) in [5.74, 6) is -0.0247. The van der Waals surface area contributed by atoms with Gasteiger partial charge in [0, 0.05) is 6.04 Å². The third-order valence-electron chi connectivity index (χ3n) is 2.81. The number of rotatable bonds is 6. The molecule has 0 bridgehead atoms. The monoisotopic (exact) mass is 235 g/mol. The van der Waals surface area contributed by atoms with Crippen molar-refractivity contribution in [2.75, 3.05) is 13.7 Å². The van der Waals surface area contributed by atoms with E-state index in [2.05, 4.69) is 11.4 Å². The van der Waals surface area contributed by atoms with Gasteiger partial charge in [0.1, 0.15) is 0 Å².